The molecule has 0 bridgehead atoms. The third kappa shape index (κ3) is 4.05. The van der Waals surface area contributed by atoms with Crippen LogP contribution in [-0.4, -0.2) is 11.0 Å². The maximum absolute atomic E-state index is 4.92. The van der Waals surface area contributed by atoms with E-state index in [9.17, 15) is 0 Å². The van der Waals surface area contributed by atoms with Gasteiger partial charge in [-0.15, -0.1) is 11.3 Å². The molecule has 114 valence electrons. The molecular weight excluding hydrogens is 264 g/mol. The fraction of sp³-hybridized carbons (Fsp3) is 0.824. The van der Waals surface area contributed by atoms with Gasteiger partial charge in [-0.25, -0.2) is 4.98 Å². The molecule has 1 saturated carbocycles. The molecule has 1 N–H and O–H groups in total. The summed E-state index contributed by atoms with van der Waals surface area (Å²) in [6, 6.07) is 0.971. The molecule has 0 spiro atoms. The van der Waals surface area contributed by atoms with E-state index in [0.717, 1.165) is 11.8 Å². The Hall–Kier alpha value is -0.410. The molecule has 1 fully saturated rings. The second-order valence-corrected chi connectivity index (χ2v) is 7.99. The summed E-state index contributed by atoms with van der Waals surface area (Å²) in [5, 5.41) is 7.34. The zero-order chi connectivity index (χ0) is 14.7. The number of aromatic nitrogens is 1. The lowest BCUT2D eigenvalue weighted by Gasteiger charge is -2.34. The lowest BCUT2D eigenvalue weighted by atomic mass is 9.78. The van der Waals surface area contributed by atoms with Crippen molar-refractivity contribution in [2.75, 3.05) is 0 Å². The van der Waals surface area contributed by atoms with Gasteiger partial charge in [0, 0.05) is 11.4 Å². The molecule has 0 aromatic carbocycles. The smallest absolute Gasteiger partial charge is 0.110 e. The Morgan fingerprint density at radius 2 is 2.00 bits per heavy atom. The Bertz CT molecular complexity index is 411. The van der Waals surface area contributed by atoms with E-state index in [1.807, 2.05) is 11.3 Å². The van der Waals surface area contributed by atoms with Crippen LogP contribution in [0.3, 0.4) is 0 Å². The van der Waals surface area contributed by atoms with Crippen molar-refractivity contribution in [2.24, 2.45) is 11.8 Å². The van der Waals surface area contributed by atoms with Crippen LogP contribution in [0.15, 0.2) is 5.38 Å². The quantitative estimate of drug-likeness (QED) is 0.814. The van der Waals surface area contributed by atoms with Gasteiger partial charge in [0.2, 0.25) is 0 Å². The molecule has 20 heavy (non-hydrogen) atoms. The molecule has 1 aliphatic rings. The van der Waals surface area contributed by atoms with Crippen LogP contribution in [0.2, 0.25) is 0 Å². The first-order chi connectivity index (χ1) is 9.47. The zero-order valence-corrected chi connectivity index (χ0v) is 14.5. The fourth-order valence-electron chi connectivity index (χ4n) is 3.26. The molecule has 1 aliphatic carbocycles. The lowest BCUT2D eigenvalue weighted by molar-refractivity contribution is 0.216. The van der Waals surface area contributed by atoms with Crippen LogP contribution in [0.1, 0.15) is 83.0 Å². The number of nitrogens with zero attached hydrogens (tertiary/aromatic N) is 1. The van der Waals surface area contributed by atoms with Crippen LogP contribution < -0.4 is 5.32 Å². The molecule has 0 radical (unpaired) electrons. The molecular formula is C17H30N2S. The molecule has 3 atom stereocenters. The summed E-state index contributed by atoms with van der Waals surface area (Å²) in [5.74, 6) is 2.16. The summed E-state index contributed by atoms with van der Waals surface area (Å²) in [6.45, 7) is 11.4. The highest BCUT2D eigenvalue weighted by Gasteiger charge is 2.30. The van der Waals surface area contributed by atoms with Crippen molar-refractivity contribution in [3.8, 4) is 0 Å². The largest absolute Gasteiger partial charge is 0.305 e. The van der Waals surface area contributed by atoms with Crippen molar-refractivity contribution in [1.82, 2.24) is 10.3 Å². The maximum atomic E-state index is 4.92. The van der Waals surface area contributed by atoms with Crippen molar-refractivity contribution in [2.45, 2.75) is 78.3 Å². The third-order valence-electron chi connectivity index (χ3n) is 4.36. The van der Waals surface area contributed by atoms with E-state index in [-0.39, 0.29) is 0 Å². The first kappa shape index (κ1) is 16.0. The van der Waals surface area contributed by atoms with E-state index in [2.05, 4.69) is 45.3 Å². The molecule has 3 heteroatoms. The Balaban J connectivity index is 2.17. The Labute approximate surface area is 128 Å². The summed E-state index contributed by atoms with van der Waals surface area (Å²) < 4.78 is 0. The SMILES string of the molecule is CC1CCCC(C(NC(C)C)c2nc(C(C)C)cs2)C1. The Morgan fingerprint density at radius 1 is 1.25 bits per heavy atom. The molecule has 0 amide bonds. The van der Waals surface area contributed by atoms with Gasteiger partial charge in [-0.05, 0) is 30.6 Å². The molecule has 0 aliphatic heterocycles. The van der Waals surface area contributed by atoms with Gasteiger partial charge in [-0.2, -0.15) is 0 Å². The van der Waals surface area contributed by atoms with Crippen LogP contribution in [-0.2, 0) is 0 Å². The predicted octanol–water partition coefficient (Wildman–Crippen LogP) is 5.13. The second-order valence-electron chi connectivity index (χ2n) is 7.10. The third-order valence-corrected chi connectivity index (χ3v) is 5.30. The number of thiazole rings is 1. The lowest BCUT2D eigenvalue weighted by Crippen LogP contribution is -2.35. The van der Waals surface area contributed by atoms with Crippen LogP contribution >= 0.6 is 11.3 Å². The van der Waals surface area contributed by atoms with Crippen LogP contribution in [0.25, 0.3) is 0 Å². The van der Waals surface area contributed by atoms with Gasteiger partial charge in [0.15, 0.2) is 0 Å². The average molecular weight is 295 g/mol. The van der Waals surface area contributed by atoms with Crippen molar-refractivity contribution in [3.05, 3.63) is 16.1 Å². The Kier molecular flexibility index (Phi) is 5.62. The molecule has 2 nitrogen and oxygen atoms in total. The van der Waals surface area contributed by atoms with Gasteiger partial charge < -0.3 is 5.32 Å². The van der Waals surface area contributed by atoms with Crippen LogP contribution in [0.5, 0.6) is 0 Å². The Morgan fingerprint density at radius 3 is 2.55 bits per heavy atom. The molecule has 1 aromatic heterocycles. The topological polar surface area (TPSA) is 24.9 Å². The van der Waals surface area contributed by atoms with Crippen molar-refractivity contribution in [1.29, 1.82) is 0 Å². The van der Waals surface area contributed by atoms with E-state index in [4.69, 9.17) is 4.98 Å². The van der Waals surface area contributed by atoms with Crippen molar-refractivity contribution in [3.63, 3.8) is 0 Å². The monoisotopic (exact) mass is 294 g/mol. The number of hydrogen-bond acceptors (Lipinski definition) is 3. The van der Waals surface area contributed by atoms with Gasteiger partial charge in [-0.1, -0.05) is 47.5 Å². The van der Waals surface area contributed by atoms with Gasteiger partial charge in [0.25, 0.3) is 0 Å². The highest BCUT2D eigenvalue weighted by Crippen LogP contribution is 2.38. The molecule has 3 unspecified atom stereocenters. The average Bonchev–Trinajstić information content (AvgIpc) is 2.85. The highest BCUT2D eigenvalue weighted by molar-refractivity contribution is 7.09. The number of nitrogens with one attached hydrogen (secondary N) is 1. The molecule has 0 saturated heterocycles. The fourth-order valence-corrected chi connectivity index (χ4v) is 4.39. The first-order valence-corrected chi connectivity index (χ1v) is 9.06. The minimum atomic E-state index is 0.454. The first-order valence-electron chi connectivity index (χ1n) is 8.18. The summed E-state index contributed by atoms with van der Waals surface area (Å²) in [7, 11) is 0. The van der Waals surface area contributed by atoms with Gasteiger partial charge >= 0.3 is 0 Å². The summed E-state index contributed by atoms with van der Waals surface area (Å²) in [4.78, 5) is 4.92. The molecule has 1 aromatic rings. The predicted molar refractivity (Wildman–Crippen MR) is 88.3 cm³/mol. The van der Waals surface area contributed by atoms with E-state index >= 15 is 0 Å². The second kappa shape index (κ2) is 7.04. The van der Waals surface area contributed by atoms with E-state index < -0.39 is 0 Å². The van der Waals surface area contributed by atoms with E-state index in [1.54, 1.807) is 0 Å². The summed E-state index contributed by atoms with van der Waals surface area (Å²) in [5.41, 5.74) is 1.25. The number of hydrogen-bond donors (Lipinski definition) is 1. The van der Waals surface area contributed by atoms with Gasteiger partial charge in [0.05, 0.1) is 11.7 Å². The van der Waals surface area contributed by atoms with E-state index in [0.29, 0.717) is 18.0 Å². The molecule has 1 heterocycles. The summed E-state index contributed by atoms with van der Waals surface area (Å²) >= 11 is 1.85. The van der Waals surface area contributed by atoms with Crippen molar-refractivity contribution < 1.29 is 0 Å². The maximum Gasteiger partial charge on any atom is 0.110 e. The van der Waals surface area contributed by atoms with Gasteiger partial charge in [-0.3, -0.25) is 0 Å². The normalized spacial score (nSPS) is 25.4. The van der Waals surface area contributed by atoms with Crippen LogP contribution in [0.4, 0.5) is 0 Å². The highest BCUT2D eigenvalue weighted by atomic mass is 32.1. The van der Waals surface area contributed by atoms with Crippen molar-refractivity contribution >= 4 is 11.3 Å². The van der Waals surface area contributed by atoms with Gasteiger partial charge in [0.1, 0.15) is 5.01 Å². The zero-order valence-electron chi connectivity index (χ0n) is 13.6. The van der Waals surface area contributed by atoms with Crippen LogP contribution in [0, 0.1) is 11.8 Å². The summed E-state index contributed by atoms with van der Waals surface area (Å²) in [6.07, 6.45) is 5.48. The van der Waals surface area contributed by atoms with E-state index in [1.165, 1.54) is 36.4 Å². The minimum Gasteiger partial charge on any atom is -0.305 e. The molecule has 2 rings (SSSR count). The minimum absolute atomic E-state index is 0.454. The number of rotatable bonds is 5. The standard InChI is InChI=1S/C17H30N2S/c1-11(2)15-10-20-17(19-15)16(18-12(3)4)14-8-6-7-13(5)9-14/h10-14,16,18H,6-9H2,1-5H3.